The minimum absolute atomic E-state index is 0.0785. The molecule has 16 heteroatoms. The number of fused-ring (bicyclic) bond motifs is 1. The summed E-state index contributed by atoms with van der Waals surface area (Å²) < 4.78 is 103. The molecule has 0 bridgehead atoms. The number of H-pyrrole nitrogens is 1. The van der Waals surface area contributed by atoms with Gasteiger partial charge >= 0.3 is 12.4 Å². The van der Waals surface area contributed by atoms with Gasteiger partial charge in [-0.1, -0.05) is 6.07 Å². The number of hydrogen-bond acceptors (Lipinski definition) is 5. The molecule has 4 rings (SSSR count). The molecule has 2 aromatic heterocycles. The third kappa shape index (κ3) is 9.34. The summed E-state index contributed by atoms with van der Waals surface area (Å²) in [6.45, 7) is 1.60. The monoisotopic (exact) mass is 639 g/mol. The molecular weight excluding hydrogens is 610 g/mol. The Morgan fingerprint density at radius 2 is 1.72 bits per heavy atom. The van der Waals surface area contributed by atoms with Gasteiger partial charge in [0.15, 0.2) is 0 Å². The minimum atomic E-state index is -4.46. The lowest BCUT2D eigenvalue weighted by Crippen LogP contribution is -2.37. The normalized spacial score (nSPS) is 17.5. The number of thiazole rings is 1. The number of aromatic nitrogens is 3. The van der Waals surface area contributed by atoms with Crippen LogP contribution in [-0.2, 0) is 11.2 Å². The van der Waals surface area contributed by atoms with Crippen LogP contribution in [0.4, 0.5) is 35.1 Å². The van der Waals surface area contributed by atoms with E-state index in [2.05, 4.69) is 25.6 Å². The molecule has 2 heterocycles. The van der Waals surface area contributed by atoms with E-state index in [0.717, 1.165) is 11.3 Å². The fourth-order valence-electron chi connectivity index (χ4n) is 4.91. The second-order valence-electron chi connectivity index (χ2n) is 10.7. The van der Waals surface area contributed by atoms with Crippen LogP contribution in [-0.4, -0.2) is 45.0 Å². The summed E-state index contributed by atoms with van der Waals surface area (Å²) in [5.41, 5.74) is 1.39. The summed E-state index contributed by atoms with van der Waals surface area (Å²) >= 11 is 0.913. The van der Waals surface area contributed by atoms with Crippen molar-refractivity contribution >= 4 is 34.2 Å². The molecule has 43 heavy (non-hydrogen) atoms. The number of alkyl halides is 8. The molecule has 2 atom stereocenters. The molecule has 0 aliphatic heterocycles. The second kappa shape index (κ2) is 12.7. The highest BCUT2D eigenvalue weighted by molar-refractivity contribution is 7.09. The van der Waals surface area contributed by atoms with Crippen molar-refractivity contribution in [2.24, 2.45) is 5.92 Å². The molecule has 1 aromatic carbocycles. The summed E-state index contributed by atoms with van der Waals surface area (Å²) in [4.78, 5) is 36.7. The fraction of sp³-hybridized carbons (Fsp3) is 0.556. The summed E-state index contributed by atoms with van der Waals surface area (Å²) in [5, 5.41) is 6.76. The third-order valence-corrected chi connectivity index (χ3v) is 8.17. The zero-order valence-electron chi connectivity index (χ0n) is 22.8. The average molecular weight is 640 g/mol. The number of rotatable bonds is 10. The quantitative estimate of drug-likeness (QED) is 0.202. The number of hydrogen-bond donors (Lipinski definition) is 3. The molecule has 2 amide bonds. The van der Waals surface area contributed by atoms with E-state index in [9.17, 15) is 44.7 Å². The van der Waals surface area contributed by atoms with Gasteiger partial charge in [-0.2, -0.15) is 26.3 Å². The summed E-state index contributed by atoms with van der Waals surface area (Å²) in [7, 11) is 0. The van der Waals surface area contributed by atoms with E-state index >= 15 is 0 Å². The molecule has 7 nitrogen and oxygen atoms in total. The van der Waals surface area contributed by atoms with Gasteiger partial charge in [0.25, 0.3) is 5.91 Å². The fourth-order valence-corrected chi connectivity index (χ4v) is 5.69. The highest BCUT2D eigenvalue weighted by Crippen LogP contribution is 2.41. The molecule has 3 N–H and O–H groups in total. The average Bonchev–Trinajstić information content (AvgIpc) is 3.55. The molecule has 1 fully saturated rings. The molecule has 1 aliphatic carbocycles. The molecular formula is C27H29F8N5O2S. The van der Waals surface area contributed by atoms with Crippen LogP contribution in [0.2, 0.25) is 0 Å². The van der Waals surface area contributed by atoms with E-state index < -0.39 is 80.2 Å². The van der Waals surface area contributed by atoms with Crippen LogP contribution < -0.4 is 10.6 Å². The zero-order chi connectivity index (χ0) is 31.6. The summed E-state index contributed by atoms with van der Waals surface area (Å²) in [5.74, 6) is -4.46. The van der Waals surface area contributed by atoms with Crippen LogP contribution >= 0.6 is 11.3 Å². The smallest absolute Gasteiger partial charge is 0.350 e. The van der Waals surface area contributed by atoms with Crippen molar-refractivity contribution in [3.63, 3.8) is 0 Å². The highest BCUT2D eigenvalue weighted by Gasteiger charge is 2.40. The van der Waals surface area contributed by atoms with Gasteiger partial charge in [0.05, 0.1) is 34.5 Å². The highest BCUT2D eigenvalue weighted by atomic mass is 32.1. The van der Waals surface area contributed by atoms with E-state index in [1.807, 2.05) is 0 Å². The Hall–Kier alpha value is -3.30. The Labute approximate surface area is 244 Å². The number of nitrogens with zero attached hydrogens (tertiary/aromatic N) is 2. The van der Waals surface area contributed by atoms with E-state index in [-0.39, 0.29) is 35.8 Å². The number of amides is 2. The van der Waals surface area contributed by atoms with Gasteiger partial charge in [0.1, 0.15) is 11.5 Å². The number of imidazole rings is 1. The third-order valence-electron chi connectivity index (χ3n) is 7.26. The number of aryl methyl sites for hydroxylation is 1. The zero-order valence-corrected chi connectivity index (χ0v) is 23.7. The van der Waals surface area contributed by atoms with Gasteiger partial charge in [0.2, 0.25) is 11.8 Å². The van der Waals surface area contributed by atoms with Crippen LogP contribution in [0.15, 0.2) is 23.6 Å². The van der Waals surface area contributed by atoms with Crippen molar-refractivity contribution in [3.05, 3.63) is 45.7 Å². The van der Waals surface area contributed by atoms with Gasteiger partial charge in [-0.15, -0.1) is 11.3 Å². The Morgan fingerprint density at radius 1 is 1.05 bits per heavy atom. The summed E-state index contributed by atoms with van der Waals surface area (Å²) in [6.07, 6.45) is -12.9. The number of carbonyl (C=O) groups excluding carboxylic acids is 2. The second-order valence-corrected chi connectivity index (χ2v) is 11.6. The Bertz CT molecular complexity index is 1420. The Balaban J connectivity index is 1.53. The van der Waals surface area contributed by atoms with Crippen molar-refractivity contribution in [2.45, 2.75) is 88.6 Å². The molecule has 0 radical (unpaired) electrons. The molecule has 3 aromatic rings. The Kier molecular flexibility index (Phi) is 9.66. The van der Waals surface area contributed by atoms with E-state index in [0.29, 0.717) is 16.6 Å². The first-order chi connectivity index (χ1) is 20.0. The lowest BCUT2D eigenvalue weighted by atomic mass is 9.81. The summed E-state index contributed by atoms with van der Waals surface area (Å²) in [6, 6.07) is 3.41. The van der Waals surface area contributed by atoms with Crippen LogP contribution in [0.3, 0.4) is 0 Å². The van der Waals surface area contributed by atoms with Crippen molar-refractivity contribution < 1.29 is 44.7 Å². The topological polar surface area (TPSA) is 99.8 Å². The predicted octanol–water partition coefficient (Wildman–Crippen LogP) is 7.33. The van der Waals surface area contributed by atoms with Gasteiger partial charge in [-0.3, -0.25) is 9.59 Å². The lowest BCUT2D eigenvalue weighted by Gasteiger charge is -2.33. The van der Waals surface area contributed by atoms with Gasteiger partial charge in [-0.05, 0) is 43.4 Å². The SMILES string of the molecule is C[C@@H](NC(=O)CCC(F)(F)F)c1ccc2[nH]c([C@@H](NC(=O)c3csc(CCC(F)(F)F)n3)C3CCC(F)(F)CC3)nc2c1. The molecule has 236 valence electrons. The molecule has 0 spiro atoms. The standard InChI is InChI=1S/C27H29F8N5O2S/c1-14(36-20(41)6-10-26(30,31)32)16-2-3-17-18(12-16)39-23(38-17)22(15-4-8-25(28,29)9-5-15)40-24(42)19-13-43-21(37-19)7-11-27(33,34)35/h2-3,12-15,22H,4-11H2,1H3,(H,36,41)(H,38,39)(H,40,42)/t14-,22+/m1/s1. The van der Waals surface area contributed by atoms with Gasteiger partial charge in [-0.25, -0.2) is 18.7 Å². The number of benzene rings is 1. The van der Waals surface area contributed by atoms with Crippen molar-refractivity contribution in [2.75, 3.05) is 0 Å². The molecule has 1 saturated carbocycles. The van der Waals surface area contributed by atoms with Crippen molar-refractivity contribution in [3.8, 4) is 0 Å². The Morgan fingerprint density at radius 3 is 2.37 bits per heavy atom. The molecule has 0 unspecified atom stereocenters. The van der Waals surface area contributed by atoms with E-state index in [1.165, 1.54) is 5.38 Å². The van der Waals surface area contributed by atoms with Crippen LogP contribution in [0.1, 0.15) is 90.8 Å². The van der Waals surface area contributed by atoms with Gasteiger partial charge in [0, 0.05) is 37.5 Å². The van der Waals surface area contributed by atoms with E-state index in [1.54, 1.807) is 25.1 Å². The number of carbonyl (C=O) groups is 2. The first-order valence-electron chi connectivity index (χ1n) is 13.5. The molecule has 1 aliphatic rings. The first-order valence-corrected chi connectivity index (χ1v) is 14.4. The van der Waals surface area contributed by atoms with E-state index in [4.69, 9.17) is 0 Å². The van der Waals surface area contributed by atoms with Gasteiger partial charge < -0.3 is 15.6 Å². The predicted molar refractivity (Wildman–Crippen MR) is 142 cm³/mol. The van der Waals surface area contributed by atoms with Crippen LogP contribution in [0.5, 0.6) is 0 Å². The van der Waals surface area contributed by atoms with Crippen LogP contribution in [0, 0.1) is 5.92 Å². The lowest BCUT2D eigenvalue weighted by molar-refractivity contribution is -0.144. The first kappa shape index (κ1) is 32.6. The number of aromatic amines is 1. The maximum atomic E-state index is 13.9. The maximum Gasteiger partial charge on any atom is 0.389 e. The maximum absolute atomic E-state index is 13.9. The number of nitrogens with one attached hydrogen (secondary N) is 3. The minimum Gasteiger partial charge on any atom is -0.350 e. The molecule has 0 saturated heterocycles. The number of halogens is 8. The van der Waals surface area contributed by atoms with Crippen LogP contribution in [0.25, 0.3) is 11.0 Å². The van der Waals surface area contributed by atoms with Crippen molar-refractivity contribution in [1.82, 2.24) is 25.6 Å². The largest absolute Gasteiger partial charge is 0.389 e. The van der Waals surface area contributed by atoms with Crippen molar-refractivity contribution in [1.29, 1.82) is 0 Å².